The molecule has 0 bridgehead atoms. The summed E-state index contributed by atoms with van der Waals surface area (Å²) in [6.07, 6.45) is 0. The molecule has 0 aliphatic carbocycles. The Balaban J connectivity index is 2.55. The van der Waals surface area contributed by atoms with Crippen molar-refractivity contribution in [3.05, 3.63) is 34.5 Å². The summed E-state index contributed by atoms with van der Waals surface area (Å²) in [5.74, 6) is -0.808. The molecule has 0 unspecified atom stereocenters. The Hall–Kier alpha value is -1.46. The molecule has 0 amide bonds. The van der Waals surface area contributed by atoms with Gasteiger partial charge in [-0.25, -0.2) is 9.18 Å². The zero-order valence-electron chi connectivity index (χ0n) is 11.1. The summed E-state index contributed by atoms with van der Waals surface area (Å²) in [5, 5.41) is 0.427. The van der Waals surface area contributed by atoms with E-state index in [0.717, 1.165) is 0 Å². The quantitative estimate of drug-likeness (QED) is 0.858. The lowest BCUT2D eigenvalue weighted by Gasteiger charge is -2.19. The van der Waals surface area contributed by atoms with E-state index in [2.05, 4.69) is 0 Å². The molecule has 102 valence electrons. The van der Waals surface area contributed by atoms with E-state index < -0.39 is 11.6 Å². The van der Waals surface area contributed by atoms with Crippen LogP contribution >= 0.6 is 11.3 Å². The van der Waals surface area contributed by atoms with Crippen molar-refractivity contribution in [2.45, 2.75) is 32.9 Å². The summed E-state index contributed by atoms with van der Waals surface area (Å²) in [5.41, 5.74) is 5.60. The van der Waals surface area contributed by atoms with Gasteiger partial charge < -0.3 is 10.5 Å². The first-order chi connectivity index (χ1) is 8.83. The van der Waals surface area contributed by atoms with Gasteiger partial charge in [0, 0.05) is 22.2 Å². The van der Waals surface area contributed by atoms with Crippen LogP contribution in [0.5, 0.6) is 0 Å². The minimum absolute atomic E-state index is 0.107. The molecule has 19 heavy (non-hydrogen) atoms. The number of fused-ring (bicyclic) bond motifs is 1. The third-order valence-electron chi connectivity index (χ3n) is 2.55. The average Bonchev–Trinajstić information content (AvgIpc) is 2.66. The van der Waals surface area contributed by atoms with Gasteiger partial charge in [0.15, 0.2) is 0 Å². The molecule has 0 radical (unpaired) electrons. The number of rotatable bonds is 2. The van der Waals surface area contributed by atoms with E-state index in [9.17, 15) is 9.18 Å². The smallest absolute Gasteiger partial charge is 0.349 e. The van der Waals surface area contributed by atoms with Crippen molar-refractivity contribution >= 4 is 27.4 Å². The number of nitrogens with two attached hydrogens (primary N) is 1. The third kappa shape index (κ3) is 2.77. The predicted octanol–water partition coefficient (Wildman–Crippen LogP) is 3.45. The molecule has 0 saturated carbocycles. The minimum atomic E-state index is -0.586. The van der Waals surface area contributed by atoms with Crippen molar-refractivity contribution in [1.82, 2.24) is 0 Å². The molecule has 1 heterocycles. The summed E-state index contributed by atoms with van der Waals surface area (Å²) in [6.45, 7) is 5.48. The van der Waals surface area contributed by atoms with Gasteiger partial charge >= 0.3 is 5.97 Å². The van der Waals surface area contributed by atoms with E-state index in [1.165, 1.54) is 17.4 Å². The highest BCUT2D eigenvalue weighted by molar-refractivity contribution is 7.21. The van der Waals surface area contributed by atoms with Crippen LogP contribution in [0.4, 0.5) is 4.39 Å². The molecule has 2 N–H and O–H groups in total. The zero-order valence-corrected chi connectivity index (χ0v) is 11.9. The van der Waals surface area contributed by atoms with E-state index in [1.807, 2.05) is 0 Å². The van der Waals surface area contributed by atoms with Crippen molar-refractivity contribution in [2.24, 2.45) is 5.73 Å². The monoisotopic (exact) mass is 281 g/mol. The topological polar surface area (TPSA) is 52.3 Å². The maximum Gasteiger partial charge on any atom is 0.349 e. The molecule has 0 fully saturated rings. The summed E-state index contributed by atoms with van der Waals surface area (Å²) < 4.78 is 19.9. The summed E-state index contributed by atoms with van der Waals surface area (Å²) in [7, 11) is 0. The van der Waals surface area contributed by atoms with E-state index in [4.69, 9.17) is 10.5 Å². The molecule has 0 spiro atoms. The molecule has 2 aromatic rings. The second-order valence-electron chi connectivity index (χ2n) is 5.23. The summed E-state index contributed by atoms with van der Waals surface area (Å²) in [6, 6.07) is 4.76. The van der Waals surface area contributed by atoms with Gasteiger partial charge in [-0.1, -0.05) is 6.07 Å². The lowest BCUT2D eigenvalue weighted by molar-refractivity contribution is 0.00743. The fourth-order valence-electron chi connectivity index (χ4n) is 1.85. The molecular weight excluding hydrogens is 265 g/mol. The van der Waals surface area contributed by atoms with Gasteiger partial charge in [-0.15, -0.1) is 11.3 Å². The van der Waals surface area contributed by atoms with Crippen LogP contribution in [0.1, 0.15) is 36.0 Å². The van der Waals surface area contributed by atoms with Gasteiger partial charge in [0.05, 0.1) is 0 Å². The number of esters is 1. The van der Waals surface area contributed by atoms with Crippen LogP contribution in [0.25, 0.3) is 10.1 Å². The molecule has 0 atom stereocenters. The number of carbonyl (C=O) groups excluding carboxylic acids is 1. The Morgan fingerprint density at radius 1 is 1.42 bits per heavy atom. The largest absolute Gasteiger partial charge is 0.456 e. The molecule has 2 rings (SSSR count). The van der Waals surface area contributed by atoms with E-state index in [1.54, 1.807) is 32.9 Å². The summed E-state index contributed by atoms with van der Waals surface area (Å²) in [4.78, 5) is 12.5. The first-order valence-corrected chi connectivity index (χ1v) is 6.78. The van der Waals surface area contributed by atoms with Crippen molar-refractivity contribution in [3.63, 3.8) is 0 Å². The Bertz CT molecular complexity index is 628. The van der Waals surface area contributed by atoms with Crippen LogP contribution in [-0.4, -0.2) is 11.6 Å². The number of halogens is 1. The molecule has 0 saturated heterocycles. The Morgan fingerprint density at radius 3 is 2.68 bits per heavy atom. The highest BCUT2D eigenvalue weighted by Gasteiger charge is 2.24. The van der Waals surface area contributed by atoms with E-state index in [-0.39, 0.29) is 12.4 Å². The third-order valence-corrected chi connectivity index (χ3v) is 3.73. The Labute approximate surface area is 115 Å². The van der Waals surface area contributed by atoms with E-state index in [0.29, 0.717) is 20.5 Å². The van der Waals surface area contributed by atoms with Gasteiger partial charge in [0.1, 0.15) is 16.3 Å². The summed E-state index contributed by atoms with van der Waals surface area (Å²) >= 11 is 1.22. The zero-order chi connectivity index (χ0) is 14.2. The molecule has 1 aromatic carbocycles. The fraction of sp³-hybridized carbons (Fsp3) is 0.357. The number of ether oxygens (including phenoxy) is 1. The Morgan fingerprint density at radius 2 is 2.11 bits per heavy atom. The van der Waals surface area contributed by atoms with Crippen molar-refractivity contribution in [3.8, 4) is 0 Å². The number of benzene rings is 1. The highest BCUT2D eigenvalue weighted by atomic mass is 32.1. The van der Waals surface area contributed by atoms with Crippen LogP contribution in [0.2, 0.25) is 0 Å². The van der Waals surface area contributed by atoms with Crippen LogP contribution < -0.4 is 5.73 Å². The second-order valence-corrected chi connectivity index (χ2v) is 6.28. The minimum Gasteiger partial charge on any atom is -0.456 e. The number of thiophene rings is 1. The van der Waals surface area contributed by atoms with Gasteiger partial charge in [-0.05, 0) is 32.9 Å². The van der Waals surface area contributed by atoms with Gasteiger partial charge in [-0.3, -0.25) is 0 Å². The second kappa shape index (κ2) is 4.90. The van der Waals surface area contributed by atoms with Crippen molar-refractivity contribution in [1.29, 1.82) is 0 Å². The Kier molecular flexibility index (Phi) is 3.60. The molecule has 0 aliphatic heterocycles. The SMILES string of the molecule is CC(C)(C)OC(=O)c1sc2cccc(F)c2c1CN. The number of carbonyl (C=O) groups is 1. The van der Waals surface area contributed by atoms with Crippen LogP contribution in [-0.2, 0) is 11.3 Å². The first-order valence-electron chi connectivity index (χ1n) is 5.97. The van der Waals surface area contributed by atoms with Crippen LogP contribution in [0, 0.1) is 5.82 Å². The lowest BCUT2D eigenvalue weighted by atomic mass is 10.1. The van der Waals surface area contributed by atoms with Crippen LogP contribution in [0.3, 0.4) is 0 Å². The standard InChI is InChI=1S/C14H16FNO2S/c1-14(2,3)18-13(17)12-8(7-16)11-9(15)5-4-6-10(11)19-12/h4-6H,7,16H2,1-3H3. The van der Waals surface area contributed by atoms with Gasteiger partial charge in [0.2, 0.25) is 0 Å². The maximum atomic E-state index is 13.8. The highest BCUT2D eigenvalue weighted by Crippen LogP contribution is 2.34. The van der Waals surface area contributed by atoms with Gasteiger partial charge in [0.25, 0.3) is 0 Å². The van der Waals surface area contributed by atoms with E-state index >= 15 is 0 Å². The number of hydrogen-bond donors (Lipinski definition) is 1. The molecule has 0 aliphatic rings. The maximum absolute atomic E-state index is 13.8. The predicted molar refractivity (Wildman–Crippen MR) is 74.8 cm³/mol. The van der Waals surface area contributed by atoms with Crippen molar-refractivity contribution in [2.75, 3.05) is 0 Å². The van der Waals surface area contributed by atoms with Crippen molar-refractivity contribution < 1.29 is 13.9 Å². The molecule has 1 aromatic heterocycles. The average molecular weight is 281 g/mol. The molecule has 5 heteroatoms. The van der Waals surface area contributed by atoms with Gasteiger partial charge in [-0.2, -0.15) is 0 Å². The molecular formula is C14H16FNO2S. The normalized spacial score (nSPS) is 11.8. The first kappa shape index (κ1) is 14.0. The van der Waals surface area contributed by atoms with Crippen LogP contribution in [0.15, 0.2) is 18.2 Å². The number of hydrogen-bond acceptors (Lipinski definition) is 4. The lowest BCUT2D eigenvalue weighted by Crippen LogP contribution is -2.24. The molecule has 3 nitrogen and oxygen atoms in total. The fourth-order valence-corrected chi connectivity index (χ4v) is 2.97.